The molecule has 0 saturated heterocycles. The summed E-state index contributed by atoms with van der Waals surface area (Å²) in [5.74, 6) is 1.52. The van der Waals surface area contributed by atoms with Crippen LogP contribution in [0.15, 0.2) is 53.4 Å². The van der Waals surface area contributed by atoms with E-state index in [4.69, 9.17) is 13.9 Å². The fourth-order valence-electron chi connectivity index (χ4n) is 2.89. The second-order valence-corrected chi connectivity index (χ2v) is 5.65. The van der Waals surface area contributed by atoms with Gasteiger partial charge in [-0.1, -0.05) is 0 Å². The average Bonchev–Trinajstić information content (AvgIpc) is 3.30. The van der Waals surface area contributed by atoms with Crippen LogP contribution in [0.5, 0.6) is 11.5 Å². The zero-order valence-electron chi connectivity index (χ0n) is 13.3. The molecule has 0 unspecified atom stereocenters. The van der Waals surface area contributed by atoms with Crippen molar-refractivity contribution < 1.29 is 23.8 Å². The molecule has 4 rings (SSSR count). The maximum Gasteiger partial charge on any atom is 0.327 e. The van der Waals surface area contributed by atoms with Crippen LogP contribution in [0.2, 0.25) is 0 Å². The molecule has 0 saturated carbocycles. The monoisotopic (exact) mass is 340 g/mol. The number of aliphatic carboxylic acids is 1. The normalized spacial score (nSPS) is 14.2. The Kier molecular flexibility index (Phi) is 3.89. The van der Waals surface area contributed by atoms with Gasteiger partial charge in [-0.2, -0.15) is 0 Å². The third kappa shape index (κ3) is 2.96. The summed E-state index contributed by atoms with van der Waals surface area (Å²) in [7, 11) is 0. The van der Waals surface area contributed by atoms with Crippen LogP contribution in [-0.2, 0) is 11.2 Å². The minimum absolute atomic E-state index is 0.232. The summed E-state index contributed by atoms with van der Waals surface area (Å²) < 4.78 is 18.1. The Balaban J connectivity index is 1.70. The largest absolute Gasteiger partial charge is 0.486 e. The maximum atomic E-state index is 11.8. The SMILES string of the molecule is O=C(O)[C@H](Cc1ccco1)n1ccnc1-c1ccc2c(c1)OCCO2. The summed E-state index contributed by atoms with van der Waals surface area (Å²) in [4.78, 5) is 16.1. The van der Waals surface area contributed by atoms with Crippen LogP contribution in [0.1, 0.15) is 11.8 Å². The number of hydrogen-bond acceptors (Lipinski definition) is 5. The third-order valence-electron chi connectivity index (χ3n) is 4.06. The zero-order chi connectivity index (χ0) is 17.2. The number of fused-ring (bicyclic) bond motifs is 1. The first-order valence-corrected chi connectivity index (χ1v) is 7.90. The number of benzene rings is 1. The molecule has 3 aromatic rings. The molecule has 0 spiro atoms. The number of ether oxygens (including phenoxy) is 2. The summed E-state index contributed by atoms with van der Waals surface area (Å²) >= 11 is 0. The second kappa shape index (κ2) is 6.35. The van der Waals surface area contributed by atoms with E-state index < -0.39 is 12.0 Å². The number of carboxylic acids is 1. The third-order valence-corrected chi connectivity index (χ3v) is 4.06. The lowest BCUT2D eigenvalue weighted by molar-refractivity contribution is -0.140. The Labute approximate surface area is 143 Å². The van der Waals surface area contributed by atoms with Gasteiger partial charge >= 0.3 is 5.97 Å². The Morgan fingerprint density at radius 1 is 1.24 bits per heavy atom. The maximum absolute atomic E-state index is 11.8. The van der Waals surface area contributed by atoms with Gasteiger partial charge in [-0.05, 0) is 30.3 Å². The van der Waals surface area contributed by atoms with Gasteiger partial charge in [-0.25, -0.2) is 9.78 Å². The first-order valence-electron chi connectivity index (χ1n) is 7.90. The zero-order valence-corrected chi connectivity index (χ0v) is 13.3. The molecule has 0 aliphatic carbocycles. The Morgan fingerprint density at radius 3 is 2.84 bits per heavy atom. The molecule has 128 valence electrons. The topological polar surface area (TPSA) is 86.7 Å². The molecule has 25 heavy (non-hydrogen) atoms. The van der Waals surface area contributed by atoms with Crippen molar-refractivity contribution in [2.24, 2.45) is 0 Å². The van der Waals surface area contributed by atoms with Crippen molar-refractivity contribution in [1.29, 1.82) is 0 Å². The fourth-order valence-corrected chi connectivity index (χ4v) is 2.89. The predicted molar refractivity (Wildman–Crippen MR) is 87.7 cm³/mol. The van der Waals surface area contributed by atoms with Crippen LogP contribution in [0.25, 0.3) is 11.4 Å². The van der Waals surface area contributed by atoms with E-state index >= 15 is 0 Å². The van der Waals surface area contributed by atoms with Gasteiger partial charge in [-0.15, -0.1) is 0 Å². The highest BCUT2D eigenvalue weighted by Crippen LogP contribution is 2.35. The van der Waals surface area contributed by atoms with Crippen molar-refractivity contribution >= 4 is 5.97 Å². The number of rotatable bonds is 5. The van der Waals surface area contributed by atoms with E-state index in [2.05, 4.69) is 4.98 Å². The molecule has 0 bridgehead atoms. The summed E-state index contributed by atoms with van der Waals surface area (Å²) in [6, 6.07) is 8.15. The van der Waals surface area contributed by atoms with Gasteiger partial charge in [0.25, 0.3) is 0 Å². The van der Waals surface area contributed by atoms with Gasteiger partial charge in [0.15, 0.2) is 11.5 Å². The Bertz CT molecular complexity index is 885. The van der Waals surface area contributed by atoms with E-state index in [1.54, 1.807) is 29.1 Å². The number of hydrogen-bond donors (Lipinski definition) is 1. The number of carbonyl (C=O) groups is 1. The standard InChI is InChI=1S/C18H16N2O5/c21-18(22)14(11-13-2-1-7-23-13)20-6-5-19-17(20)12-3-4-15-16(10-12)25-9-8-24-15/h1-7,10,14H,8-9,11H2,(H,21,22)/t14-/m0/s1. The van der Waals surface area contributed by atoms with Gasteiger partial charge in [0.2, 0.25) is 0 Å². The predicted octanol–water partition coefficient (Wildman–Crippen LogP) is 2.78. The quantitative estimate of drug-likeness (QED) is 0.768. The lowest BCUT2D eigenvalue weighted by atomic mass is 10.1. The minimum atomic E-state index is -0.951. The van der Waals surface area contributed by atoms with Gasteiger partial charge in [0, 0.05) is 24.4 Å². The lowest BCUT2D eigenvalue weighted by Gasteiger charge is -2.20. The lowest BCUT2D eigenvalue weighted by Crippen LogP contribution is -2.21. The van der Waals surface area contributed by atoms with Crippen molar-refractivity contribution in [2.45, 2.75) is 12.5 Å². The van der Waals surface area contributed by atoms with Crippen LogP contribution in [-0.4, -0.2) is 33.8 Å². The molecule has 1 atom stereocenters. The van der Waals surface area contributed by atoms with Gasteiger partial charge in [-0.3, -0.25) is 0 Å². The van der Waals surface area contributed by atoms with Gasteiger partial charge in [0.1, 0.15) is 30.8 Å². The smallest absolute Gasteiger partial charge is 0.327 e. The van der Waals surface area contributed by atoms with Crippen molar-refractivity contribution in [3.05, 3.63) is 54.7 Å². The summed E-state index contributed by atoms with van der Waals surface area (Å²) in [5, 5.41) is 9.67. The highest BCUT2D eigenvalue weighted by molar-refractivity contribution is 5.74. The first kappa shape index (κ1) is 15.3. The highest BCUT2D eigenvalue weighted by Gasteiger charge is 2.25. The van der Waals surface area contributed by atoms with Crippen molar-refractivity contribution in [3.8, 4) is 22.9 Å². The molecule has 1 aliphatic heterocycles. The molecule has 0 amide bonds. The molecule has 7 nitrogen and oxygen atoms in total. The van der Waals surface area contributed by atoms with E-state index in [0.717, 1.165) is 5.56 Å². The van der Waals surface area contributed by atoms with Crippen LogP contribution in [0.4, 0.5) is 0 Å². The van der Waals surface area contributed by atoms with Crippen LogP contribution < -0.4 is 9.47 Å². The molecule has 1 aliphatic rings. The number of nitrogens with zero attached hydrogens (tertiary/aromatic N) is 2. The van der Waals surface area contributed by atoms with Gasteiger partial charge < -0.3 is 23.6 Å². The first-order chi connectivity index (χ1) is 12.2. The molecular weight excluding hydrogens is 324 g/mol. The molecule has 0 radical (unpaired) electrons. The number of aromatic nitrogens is 2. The number of furan rings is 1. The molecule has 7 heteroatoms. The highest BCUT2D eigenvalue weighted by atomic mass is 16.6. The number of carboxylic acid groups (broad SMARTS) is 1. The molecule has 2 aromatic heterocycles. The van der Waals surface area contributed by atoms with Crippen LogP contribution in [0, 0.1) is 0 Å². The van der Waals surface area contributed by atoms with E-state index in [0.29, 0.717) is 36.3 Å². The fraction of sp³-hybridized carbons (Fsp3) is 0.222. The second-order valence-electron chi connectivity index (χ2n) is 5.65. The summed E-state index contributed by atoms with van der Waals surface area (Å²) in [6.45, 7) is 1.01. The molecule has 0 fully saturated rings. The van der Waals surface area contributed by atoms with Crippen molar-refractivity contribution in [3.63, 3.8) is 0 Å². The minimum Gasteiger partial charge on any atom is -0.486 e. The van der Waals surface area contributed by atoms with Gasteiger partial charge in [0.05, 0.1) is 6.26 Å². The van der Waals surface area contributed by atoms with E-state index in [-0.39, 0.29) is 6.42 Å². The molecule has 1 aromatic carbocycles. The van der Waals surface area contributed by atoms with Crippen LogP contribution >= 0.6 is 0 Å². The number of imidazole rings is 1. The average molecular weight is 340 g/mol. The van der Waals surface area contributed by atoms with Crippen molar-refractivity contribution in [1.82, 2.24) is 9.55 Å². The van der Waals surface area contributed by atoms with Crippen LogP contribution in [0.3, 0.4) is 0 Å². The molecule has 3 heterocycles. The van der Waals surface area contributed by atoms with E-state index in [1.807, 2.05) is 18.2 Å². The van der Waals surface area contributed by atoms with E-state index in [9.17, 15) is 9.90 Å². The Hall–Kier alpha value is -3.22. The Morgan fingerprint density at radius 2 is 2.08 bits per heavy atom. The summed E-state index contributed by atoms with van der Waals surface area (Å²) in [6.07, 6.45) is 5.01. The molecule has 1 N–H and O–H groups in total. The van der Waals surface area contributed by atoms with E-state index in [1.165, 1.54) is 6.26 Å². The molecular formula is C18H16N2O5. The summed E-state index contributed by atoms with van der Waals surface area (Å²) in [5.41, 5.74) is 0.764. The van der Waals surface area contributed by atoms with Crippen molar-refractivity contribution in [2.75, 3.05) is 13.2 Å².